The van der Waals surface area contributed by atoms with Crippen molar-refractivity contribution in [2.24, 2.45) is 7.05 Å². The number of hydrogen-bond donors (Lipinski definition) is 1. The third-order valence-corrected chi connectivity index (χ3v) is 7.45. The number of allylic oxidation sites excluding steroid dienone is 1. The average molecular weight is 516 g/mol. The maximum atomic E-state index is 14.9. The Morgan fingerprint density at radius 2 is 2.00 bits per heavy atom. The number of likely N-dealkylation sites (N-methyl/N-ethyl adjacent to an activating group) is 1. The predicted octanol–water partition coefficient (Wildman–Crippen LogP) is 3.31. The van der Waals surface area contributed by atoms with Gasteiger partial charge in [0.25, 0.3) is 5.91 Å². The molecule has 2 aliphatic rings. The fourth-order valence-corrected chi connectivity index (χ4v) is 5.25. The van der Waals surface area contributed by atoms with E-state index in [9.17, 15) is 14.0 Å². The number of pyridine rings is 1. The van der Waals surface area contributed by atoms with Crippen LogP contribution in [0.5, 0.6) is 0 Å². The van der Waals surface area contributed by atoms with E-state index in [-0.39, 0.29) is 23.5 Å². The number of halogens is 1. The molecule has 2 amide bonds. The van der Waals surface area contributed by atoms with Crippen molar-refractivity contribution < 1.29 is 18.6 Å². The number of nitrogens with zero attached hydrogens (tertiary/aromatic N) is 5. The van der Waals surface area contributed by atoms with Crippen molar-refractivity contribution in [3.8, 4) is 0 Å². The summed E-state index contributed by atoms with van der Waals surface area (Å²) in [6, 6.07) is 8.78. The van der Waals surface area contributed by atoms with E-state index in [4.69, 9.17) is 0 Å². The molecule has 0 unspecified atom stereocenters. The molecule has 38 heavy (non-hydrogen) atoms. The fraction of sp³-hybridized carbons (Fsp3) is 0.345. The lowest BCUT2D eigenvalue weighted by Crippen LogP contribution is -2.33. The van der Waals surface area contributed by atoms with Crippen LogP contribution in [0.2, 0.25) is 0 Å². The van der Waals surface area contributed by atoms with Crippen molar-refractivity contribution >= 4 is 34.4 Å². The zero-order valence-corrected chi connectivity index (χ0v) is 22.2. The van der Waals surface area contributed by atoms with Crippen molar-refractivity contribution in [1.82, 2.24) is 24.7 Å². The molecule has 4 heterocycles. The van der Waals surface area contributed by atoms with Gasteiger partial charge in [0.1, 0.15) is 11.5 Å². The number of nitrogens with one attached hydrogen (secondary N) is 1. The maximum Gasteiger partial charge on any atom is 0.429 e. The first-order chi connectivity index (χ1) is 18.3. The Morgan fingerprint density at radius 1 is 1.24 bits per heavy atom. The van der Waals surface area contributed by atoms with E-state index in [1.807, 2.05) is 13.1 Å². The van der Waals surface area contributed by atoms with Crippen LogP contribution in [-0.4, -0.2) is 75.8 Å². The summed E-state index contributed by atoms with van der Waals surface area (Å²) in [4.78, 5) is 33.3. The standard InChI is InChI=1S/C29H31FN6O2/c1-31-21-10-14-36(27(37)16-21)26-7-11-32-28-24(26)17-22(34(28)4)18-35-12-8-19(9-13-35)23-6-5-20(15-25(23)30)29(38)33(2)3/h5-7,10-11,15-17,19H,8-9,12-13,18H2,1-4H3/p+1. The molecule has 2 aliphatic heterocycles. The van der Waals surface area contributed by atoms with Crippen LogP contribution in [0.15, 0.2) is 54.4 Å². The summed E-state index contributed by atoms with van der Waals surface area (Å²) in [5, 5.41) is 3.86. The first-order valence-corrected chi connectivity index (χ1v) is 12.8. The number of rotatable bonds is 6. The third kappa shape index (κ3) is 4.78. The van der Waals surface area contributed by atoms with Crippen LogP contribution >= 0.6 is 0 Å². The van der Waals surface area contributed by atoms with E-state index in [1.54, 1.807) is 51.6 Å². The highest BCUT2D eigenvalue weighted by Gasteiger charge is 2.28. The summed E-state index contributed by atoms with van der Waals surface area (Å²) >= 11 is 0. The average Bonchev–Trinajstić information content (AvgIpc) is 3.23. The largest absolute Gasteiger partial charge is 0.429 e. The van der Waals surface area contributed by atoms with Crippen LogP contribution in [0.3, 0.4) is 0 Å². The number of aryl methyl sites for hydroxylation is 1. The SMILES string of the molecule is CNC1=CC(=O)[N+](c2ccnc3c2cc(CN2CCC(c4ccc(C(=O)N(C)C)cc4F)CC2)n3C)=C=C1. The summed E-state index contributed by atoms with van der Waals surface area (Å²) in [7, 11) is 7.08. The molecule has 1 aromatic carbocycles. The summed E-state index contributed by atoms with van der Waals surface area (Å²) in [5.41, 5.74) is 4.41. The Labute approximate surface area is 221 Å². The molecule has 1 N–H and O–H groups in total. The van der Waals surface area contributed by atoms with Crippen LogP contribution in [-0.2, 0) is 18.4 Å². The van der Waals surface area contributed by atoms with Crippen molar-refractivity contribution in [1.29, 1.82) is 0 Å². The molecule has 0 radical (unpaired) electrons. The van der Waals surface area contributed by atoms with Crippen molar-refractivity contribution in [2.75, 3.05) is 34.2 Å². The minimum atomic E-state index is -0.307. The van der Waals surface area contributed by atoms with Crippen LogP contribution in [0.25, 0.3) is 11.0 Å². The molecular weight excluding hydrogens is 483 g/mol. The molecule has 5 rings (SSSR count). The van der Waals surface area contributed by atoms with Gasteiger partial charge >= 0.3 is 5.91 Å². The van der Waals surface area contributed by atoms with E-state index in [0.29, 0.717) is 16.8 Å². The summed E-state index contributed by atoms with van der Waals surface area (Å²) in [5.74, 6) is 2.51. The van der Waals surface area contributed by atoms with Gasteiger partial charge in [-0.05, 0) is 55.6 Å². The number of benzene rings is 1. The van der Waals surface area contributed by atoms with Gasteiger partial charge in [0.15, 0.2) is 5.87 Å². The maximum absolute atomic E-state index is 14.9. The fourth-order valence-electron chi connectivity index (χ4n) is 5.25. The molecule has 9 heteroatoms. The second-order valence-corrected chi connectivity index (χ2v) is 10.0. The number of carbonyl (C=O) groups is 2. The Bertz CT molecular complexity index is 1520. The van der Waals surface area contributed by atoms with Gasteiger partial charge in [0.05, 0.1) is 23.2 Å². The van der Waals surface area contributed by atoms with Gasteiger partial charge in [-0.15, -0.1) is 0 Å². The summed E-state index contributed by atoms with van der Waals surface area (Å²) in [6.45, 7) is 2.40. The van der Waals surface area contributed by atoms with Gasteiger partial charge < -0.3 is 14.8 Å². The number of likely N-dealkylation sites (tertiary alicyclic amines) is 1. The molecule has 0 saturated carbocycles. The number of amides is 2. The highest BCUT2D eigenvalue weighted by Crippen LogP contribution is 2.32. The van der Waals surface area contributed by atoms with Crippen LogP contribution < -0.4 is 5.32 Å². The van der Waals surface area contributed by atoms with E-state index >= 15 is 0 Å². The lowest BCUT2D eigenvalue weighted by Gasteiger charge is -2.32. The van der Waals surface area contributed by atoms with Gasteiger partial charge in [-0.2, -0.15) is 0 Å². The van der Waals surface area contributed by atoms with Gasteiger partial charge in [0.2, 0.25) is 5.69 Å². The zero-order chi connectivity index (χ0) is 27.0. The molecular formula is C29H32FN6O2+. The monoisotopic (exact) mass is 515 g/mol. The molecule has 0 atom stereocenters. The van der Waals surface area contributed by atoms with Crippen LogP contribution in [0.4, 0.5) is 10.1 Å². The molecule has 0 aliphatic carbocycles. The molecule has 0 spiro atoms. The van der Waals surface area contributed by atoms with Crippen molar-refractivity contribution in [2.45, 2.75) is 25.3 Å². The number of piperidine rings is 1. The molecule has 2 aromatic heterocycles. The minimum Gasteiger partial charge on any atom is -0.387 e. The van der Waals surface area contributed by atoms with E-state index in [0.717, 1.165) is 54.9 Å². The highest BCUT2D eigenvalue weighted by molar-refractivity contribution is 5.95. The molecule has 3 aromatic rings. The molecule has 1 fully saturated rings. The Hall–Kier alpha value is -4.07. The number of fused-ring (bicyclic) bond motifs is 1. The third-order valence-electron chi connectivity index (χ3n) is 7.45. The Balaban J connectivity index is 1.31. The summed E-state index contributed by atoms with van der Waals surface area (Å²) in [6.07, 6.45) is 6.69. The second-order valence-electron chi connectivity index (χ2n) is 10.0. The van der Waals surface area contributed by atoms with Gasteiger partial charge in [-0.3, -0.25) is 9.69 Å². The molecule has 8 nitrogen and oxygen atoms in total. The van der Waals surface area contributed by atoms with E-state index in [1.165, 1.54) is 15.5 Å². The number of aromatic nitrogens is 2. The summed E-state index contributed by atoms with van der Waals surface area (Å²) < 4.78 is 18.5. The second kappa shape index (κ2) is 10.4. The normalized spacial score (nSPS) is 16.5. The Morgan fingerprint density at radius 3 is 2.66 bits per heavy atom. The molecule has 1 saturated heterocycles. The molecule has 196 valence electrons. The first-order valence-electron chi connectivity index (χ1n) is 12.8. The van der Waals surface area contributed by atoms with Crippen molar-refractivity contribution in [3.63, 3.8) is 0 Å². The first kappa shape index (κ1) is 25.6. The minimum absolute atomic E-state index is 0.124. The smallest absolute Gasteiger partial charge is 0.387 e. The molecule has 0 bridgehead atoms. The van der Waals surface area contributed by atoms with E-state index < -0.39 is 0 Å². The van der Waals surface area contributed by atoms with Gasteiger partial charge in [-0.25, -0.2) is 14.2 Å². The van der Waals surface area contributed by atoms with Crippen LogP contribution in [0.1, 0.15) is 40.4 Å². The van der Waals surface area contributed by atoms with Gasteiger partial charge in [-0.1, -0.05) is 10.6 Å². The Kier molecular flexibility index (Phi) is 6.97. The zero-order valence-electron chi connectivity index (χ0n) is 22.2. The lowest BCUT2D eigenvalue weighted by atomic mass is 9.88. The quantitative estimate of drug-likeness (QED) is 0.510. The van der Waals surface area contributed by atoms with E-state index in [2.05, 4.69) is 31.7 Å². The predicted molar refractivity (Wildman–Crippen MR) is 144 cm³/mol. The number of hydrogen-bond acceptors (Lipinski definition) is 5. The van der Waals surface area contributed by atoms with Crippen LogP contribution in [0, 0.1) is 5.82 Å². The van der Waals surface area contributed by atoms with Crippen molar-refractivity contribution in [3.05, 3.63) is 77.0 Å². The number of carbonyl (C=O) groups excluding carboxylic acids is 2. The topological polar surface area (TPSA) is 73.5 Å². The van der Waals surface area contributed by atoms with Gasteiger partial charge in [0, 0.05) is 58.3 Å². The highest BCUT2D eigenvalue weighted by atomic mass is 19.1. The lowest BCUT2D eigenvalue weighted by molar-refractivity contribution is -0.353.